The molecule has 0 aliphatic carbocycles. The first-order chi connectivity index (χ1) is 9.29. The van der Waals surface area contributed by atoms with Crippen molar-refractivity contribution >= 4 is 21.2 Å². The lowest BCUT2D eigenvalue weighted by molar-refractivity contribution is 0.390. The normalized spacial score (nSPS) is 11.6. The molecule has 0 spiro atoms. The molecule has 0 saturated carbocycles. The van der Waals surface area contributed by atoms with Gasteiger partial charge < -0.3 is 15.2 Å². The van der Waals surface area contributed by atoms with Crippen LogP contribution in [-0.4, -0.2) is 26.9 Å². The summed E-state index contributed by atoms with van der Waals surface area (Å²) in [6.45, 7) is 2.30. The molecule has 1 heterocycles. The Morgan fingerprint density at radius 2 is 2.10 bits per heavy atom. The van der Waals surface area contributed by atoms with E-state index in [9.17, 15) is 8.42 Å². The molecule has 0 aliphatic heterocycles. The Morgan fingerprint density at radius 1 is 1.40 bits per heavy atom. The minimum absolute atomic E-state index is 0.137. The lowest BCUT2D eigenvalue weighted by atomic mass is 10.2. The second-order valence-electron chi connectivity index (χ2n) is 4.75. The molecule has 2 rings (SSSR count). The van der Waals surface area contributed by atoms with Crippen LogP contribution in [0.15, 0.2) is 33.7 Å². The summed E-state index contributed by atoms with van der Waals surface area (Å²) in [6.07, 6.45) is 1.14. The first-order valence-electron chi connectivity index (χ1n) is 6.01. The van der Waals surface area contributed by atoms with Gasteiger partial charge in [0.2, 0.25) is 0 Å². The van der Waals surface area contributed by atoms with E-state index in [0.29, 0.717) is 12.2 Å². The van der Waals surface area contributed by atoms with Crippen LogP contribution >= 0.6 is 0 Å². The fourth-order valence-electron chi connectivity index (χ4n) is 2.01. The van der Waals surface area contributed by atoms with Gasteiger partial charge in [-0.25, -0.2) is 8.42 Å². The number of aryl methyl sites for hydroxylation is 1. The number of anilines is 2. The van der Waals surface area contributed by atoms with Crippen LogP contribution in [0.3, 0.4) is 0 Å². The molecule has 7 heteroatoms. The highest BCUT2D eigenvalue weighted by atomic mass is 32.2. The van der Waals surface area contributed by atoms with Crippen LogP contribution in [0, 0.1) is 6.92 Å². The first kappa shape index (κ1) is 14.4. The van der Waals surface area contributed by atoms with Crippen molar-refractivity contribution < 1.29 is 12.9 Å². The quantitative estimate of drug-likeness (QED) is 0.862. The number of sulfone groups is 1. The number of para-hydroxylation sites is 1. The van der Waals surface area contributed by atoms with E-state index in [1.54, 1.807) is 12.1 Å². The van der Waals surface area contributed by atoms with Crippen molar-refractivity contribution in [1.82, 2.24) is 5.16 Å². The highest BCUT2D eigenvalue weighted by Gasteiger charge is 2.16. The van der Waals surface area contributed by atoms with E-state index in [1.165, 1.54) is 6.07 Å². The number of nitrogens with two attached hydrogens (primary N) is 1. The van der Waals surface area contributed by atoms with Gasteiger partial charge in [-0.2, -0.15) is 0 Å². The van der Waals surface area contributed by atoms with Gasteiger partial charge in [-0.3, -0.25) is 0 Å². The average Bonchev–Trinajstić information content (AvgIpc) is 2.73. The summed E-state index contributed by atoms with van der Waals surface area (Å²) < 4.78 is 28.3. The molecule has 2 aromatic rings. The molecule has 1 aromatic carbocycles. The molecule has 6 nitrogen and oxygen atoms in total. The standard InChI is InChI=1S/C13H17N3O3S/c1-9-7-10(15-19-9)8-16(2)11-5-4-6-12(13(11)14)20(3,17)18/h4-7H,8,14H2,1-3H3. The van der Waals surface area contributed by atoms with Gasteiger partial charge in [-0.15, -0.1) is 0 Å². The van der Waals surface area contributed by atoms with Crippen LogP contribution < -0.4 is 10.6 Å². The SMILES string of the molecule is Cc1cc(CN(C)c2cccc(S(C)(=O)=O)c2N)no1. The van der Waals surface area contributed by atoms with Gasteiger partial charge in [0.25, 0.3) is 0 Å². The van der Waals surface area contributed by atoms with Gasteiger partial charge in [0.1, 0.15) is 11.5 Å². The molecule has 0 unspecified atom stereocenters. The van der Waals surface area contributed by atoms with Gasteiger partial charge in [0.05, 0.1) is 22.8 Å². The van der Waals surface area contributed by atoms with Gasteiger partial charge in [-0.1, -0.05) is 11.2 Å². The van der Waals surface area contributed by atoms with Crippen LogP contribution in [-0.2, 0) is 16.4 Å². The Hall–Kier alpha value is -2.02. The van der Waals surface area contributed by atoms with Crippen molar-refractivity contribution in [1.29, 1.82) is 0 Å². The van der Waals surface area contributed by atoms with E-state index in [-0.39, 0.29) is 10.6 Å². The fraction of sp³-hybridized carbons (Fsp3) is 0.308. The van der Waals surface area contributed by atoms with Crippen molar-refractivity contribution in [2.45, 2.75) is 18.4 Å². The van der Waals surface area contributed by atoms with Crippen molar-refractivity contribution in [3.8, 4) is 0 Å². The smallest absolute Gasteiger partial charge is 0.177 e. The van der Waals surface area contributed by atoms with E-state index < -0.39 is 9.84 Å². The summed E-state index contributed by atoms with van der Waals surface area (Å²) >= 11 is 0. The predicted octanol–water partition coefficient (Wildman–Crippen LogP) is 1.61. The number of benzene rings is 1. The van der Waals surface area contributed by atoms with Crippen LogP contribution in [0.5, 0.6) is 0 Å². The van der Waals surface area contributed by atoms with E-state index in [4.69, 9.17) is 10.3 Å². The van der Waals surface area contributed by atoms with Crippen molar-refractivity contribution in [3.63, 3.8) is 0 Å². The van der Waals surface area contributed by atoms with Gasteiger partial charge >= 0.3 is 0 Å². The van der Waals surface area contributed by atoms with E-state index >= 15 is 0 Å². The third kappa shape index (κ3) is 2.93. The molecule has 0 saturated heterocycles. The van der Waals surface area contributed by atoms with Crippen molar-refractivity contribution in [2.24, 2.45) is 0 Å². The third-order valence-corrected chi connectivity index (χ3v) is 4.08. The molecular weight excluding hydrogens is 278 g/mol. The maximum atomic E-state index is 11.7. The summed E-state index contributed by atoms with van der Waals surface area (Å²) in [5.41, 5.74) is 7.62. The zero-order valence-corrected chi connectivity index (χ0v) is 12.4. The molecule has 0 aliphatic rings. The maximum Gasteiger partial charge on any atom is 0.177 e. The lowest BCUT2D eigenvalue weighted by Gasteiger charge is -2.21. The molecule has 1 aromatic heterocycles. The Labute approximate surface area is 118 Å². The second-order valence-corrected chi connectivity index (χ2v) is 6.73. The molecule has 20 heavy (non-hydrogen) atoms. The summed E-state index contributed by atoms with van der Waals surface area (Å²) in [6, 6.07) is 6.78. The largest absolute Gasteiger partial charge is 0.396 e. The van der Waals surface area contributed by atoms with Crippen LogP contribution in [0.4, 0.5) is 11.4 Å². The Bertz CT molecular complexity index is 722. The molecule has 2 N–H and O–H groups in total. The van der Waals surface area contributed by atoms with Gasteiger partial charge in [0, 0.05) is 19.4 Å². The number of aromatic nitrogens is 1. The number of rotatable bonds is 4. The second kappa shape index (κ2) is 5.16. The molecular formula is C13H17N3O3S. The number of nitrogens with zero attached hydrogens (tertiary/aromatic N) is 2. The highest BCUT2D eigenvalue weighted by molar-refractivity contribution is 7.90. The highest BCUT2D eigenvalue weighted by Crippen LogP contribution is 2.29. The molecule has 0 amide bonds. The Morgan fingerprint density at radius 3 is 2.65 bits per heavy atom. The summed E-state index contributed by atoms with van der Waals surface area (Å²) in [5.74, 6) is 0.728. The Kier molecular flexibility index (Phi) is 3.71. The van der Waals surface area contributed by atoms with Gasteiger partial charge in [-0.05, 0) is 19.1 Å². The minimum atomic E-state index is -3.34. The maximum absolute atomic E-state index is 11.7. The first-order valence-corrected chi connectivity index (χ1v) is 7.90. The zero-order valence-electron chi connectivity index (χ0n) is 11.6. The van der Waals surface area contributed by atoms with Crippen molar-refractivity contribution in [2.75, 3.05) is 23.9 Å². The summed E-state index contributed by atoms with van der Waals surface area (Å²) in [7, 11) is -1.52. The lowest BCUT2D eigenvalue weighted by Crippen LogP contribution is -2.19. The molecule has 108 valence electrons. The van der Waals surface area contributed by atoms with E-state index in [2.05, 4.69) is 5.16 Å². The average molecular weight is 295 g/mol. The topological polar surface area (TPSA) is 89.4 Å². The Balaban J connectivity index is 2.33. The van der Waals surface area contributed by atoms with E-state index in [0.717, 1.165) is 17.7 Å². The molecule has 0 fully saturated rings. The number of hydrogen-bond donors (Lipinski definition) is 1. The fourth-order valence-corrected chi connectivity index (χ4v) is 2.84. The van der Waals surface area contributed by atoms with Crippen LogP contribution in [0.2, 0.25) is 0 Å². The van der Waals surface area contributed by atoms with E-state index in [1.807, 2.05) is 24.9 Å². The minimum Gasteiger partial charge on any atom is -0.396 e. The number of hydrogen-bond acceptors (Lipinski definition) is 6. The van der Waals surface area contributed by atoms with Crippen molar-refractivity contribution in [3.05, 3.63) is 35.7 Å². The van der Waals surface area contributed by atoms with Crippen LogP contribution in [0.25, 0.3) is 0 Å². The molecule has 0 bridgehead atoms. The summed E-state index contributed by atoms with van der Waals surface area (Å²) in [4.78, 5) is 1.97. The predicted molar refractivity (Wildman–Crippen MR) is 77.3 cm³/mol. The molecule has 0 atom stereocenters. The van der Waals surface area contributed by atoms with Crippen LogP contribution in [0.1, 0.15) is 11.5 Å². The number of nitrogen functional groups attached to an aromatic ring is 1. The zero-order chi connectivity index (χ0) is 14.9. The molecule has 0 radical (unpaired) electrons. The monoisotopic (exact) mass is 295 g/mol. The summed E-state index contributed by atoms with van der Waals surface area (Å²) in [5, 5.41) is 3.91. The van der Waals surface area contributed by atoms with Gasteiger partial charge in [0.15, 0.2) is 9.84 Å². The third-order valence-electron chi connectivity index (χ3n) is 2.93.